The number of benzene rings is 1. The van der Waals surface area contributed by atoms with E-state index in [4.69, 9.17) is 0 Å². The molecule has 0 fully saturated rings. The van der Waals surface area contributed by atoms with Gasteiger partial charge in [0.2, 0.25) is 0 Å². The summed E-state index contributed by atoms with van der Waals surface area (Å²) in [5.41, 5.74) is 2.68. The van der Waals surface area contributed by atoms with Gasteiger partial charge in [0.1, 0.15) is 0 Å². The second kappa shape index (κ2) is 7.24. The van der Waals surface area contributed by atoms with Crippen LogP contribution in [0.5, 0.6) is 0 Å². The predicted octanol–water partition coefficient (Wildman–Crippen LogP) is 3.18. The molecule has 0 aromatic heterocycles. The summed E-state index contributed by atoms with van der Waals surface area (Å²) >= 11 is 0. The summed E-state index contributed by atoms with van der Waals surface area (Å²) in [6, 6.07) is 10.6. The summed E-state index contributed by atoms with van der Waals surface area (Å²) in [6.45, 7) is 8.11. The Morgan fingerprint density at radius 3 is 2.60 bits per heavy atom. The van der Waals surface area contributed by atoms with Crippen molar-refractivity contribution in [2.24, 2.45) is 0 Å². The third-order valence-electron chi connectivity index (χ3n) is 2.39. The Hall–Kier alpha value is -1.08. The molecule has 82 valence electrons. The van der Waals surface area contributed by atoms with Crippen molar-refractivity contribution in [2.45, 2.75) is 26.2 Å². The maximum Gasteiger partial charge on any atom is -0.00118 e. The molecular formula is C14H21N. The lowest BCUT2D eigenvalue weighted by Gasteiger charge is -2.04. The number of hydrogen-bond acceptors (Lipinski definition) is 1. The van der Waals surface area contributed by atoms with Gasteiger partial charge in [-0.15, -0.1) is 6.58 Å². The van der Waals surface area contributed by atoms with E-state index in [1.807, 2.05) is 0 Å². The molecule has 15 heavy (non-hydrogen) atoms. The molecule has 0 unspecified atom stereocenters. The van der Waals surface area contributed by atoms with E-state index in [1.54, 1.807) is 0 Å². The van der Waals surface area contributed by atoms with E-state index >= 15 is 0 Å². The van der Waals surface area contributed by atoms with E-state index in [9.17, 15) is 0 Å². The average Bonchev–Trinajstić information content (AvgIpc) is 2.24. The number of rotatable bonds is 7. The van der Waals surface area contributed by atoms with Crippen LogP contribution in [0.25, 0.3) is 0 Å². The second-order valence-corrected chi connectivity index (χ2v) is 4.05. The maximum atomic E-state index is 3.88. The van der Waals surface area contributed by atoms with Gasteiger partial charge in [0.25, 0.3) is 0 Å². The molecule has 0 bridgehead atoms. The molecule has 1 rings (SSSR count). The van der Waals surface area contributed by atoms with Crippen LogP contribution >= 0.6 is 0 Å². The van der Waals surface area contributed by atoms with Crippen LogP contribution in [0.1, 0.15) is 25.3 Å². The Labute approximate surface area is 93.2 Å². The van der Waals surface area contributed by atoms with Gasteiger partial charge in [0, 0.05) is 0 Å². The Kier molecular flexibility index (Phi) is 5.79. The Balaban J connectivity index is 2.00. The number of aryl methyl sites for hydroxylation is 1. The van der Waals surface area contributed by atoms with Gasteiger partial charge in [-0.3, -0.25) is 0 Å². The monoisotopic (exact) mass is 203 g/mol. The van der Waals surface area contributed by atoms with E-state index < -0.39 is 0 Å². The molecule has 1 nitrogen and oxygen atoms in total. The van der Waals surface area contributed by atoms with Gasteiger partial charge in [-0.1, -0.05) is 35.9 Å². The van der Waals surface area contributed by atoms with Crippen molar-refractivity contribution in [3.63, 3.8) is 0 Å². The Bertz CT molecular complexity index is 277. The van der Waals surface area contributed by atoms with Crippen molar-refractivity contribution < 1.29 is 0 Å². The average molecular weight is 203 g/mol. The predicted molar refractivity (Wildman–Crippen MR) is 67.1 cm³/mol. The fourth-order valence-corrected chi connectivity index (χ4v) is 1.49. The molecule has 0 heterocycles. The van der Waals surface area contributed by atoms with Crippen LogP contribution in [0.3, 0.4) is 0 Å². The van der Waals surface area contributed by atoms with Gasteiger partial charge in [0.15, 0.2) is 0 Å². The molecule has 0 atom stereocenters. The quantitative estimate of drug-likeness (QED) is 0.530. The first-order valence-electron chi connectivity index (χ1n) is 5.68. The smallest absolute Gasteiger partial charge is 0.00118 e. The van der Waals surface area contributed by atoms with Gasteiger partial charge >= 0.3 is 0 Å². The zero-order valence-electron chi connectivity index (χ0n) is 9.63. The SMILES string of the molecule is C=C(C)CCNCCCc1ccccc1. The highest BCUT2D eigenvalue weighted by Crippen LogP contribution is 2.01. The van der Waals surface area contributed by atoms with Gasteiger partial charge in [-0.25, -0.2) is 0 Å². The first-order valence-corrected chi connectivity index (χ1v) is 5.68. The van der Waals surface area contributed by atoms with E-state index in [1.165, 1.54) is 24.0 Å². The van der Waals surface area contributed by atoms with Crippen LogP contribution in [0.15, 0.2) is 42.5 Å². The number of hydrogen-bond donors (Lipinski definition) is 1. The molecular weight excluding hydrogens is 182 g/mol. The molecule has 1 N–H and O–H groups in total. The second-order valence-electron chi connectivity index (χ2n) is 4.05. The summed E-state index contributed by atoms with van der Waals surface area (Å²) in [5.74, 6) is 0. The highest BCUT2D eigenvalue weighted by atomic mass is 14.8. The van der Waals surface area contributed by atoms with Crippen LogP contribution < -0.4 is 5.32 Å². The molecule has 0 amide bonds. The largest absolute Gasteiger partial charge is 0.316 e. The third kappa shape index (κ3) is 6.08. The van der Waals surface area contributed by atoms with Crippen LogP contribution in [0.2, 0.25) is 0 Å². The van der Waals surface area contributed by atoms with Crippen molar-refractivity contribution in [3.8, 4) is 0 Å². The van der Waals surface area contributed by atoms with E-state index in [0.717, 1.165) is 19.5 Å². The standard InChI is InChI=1S/C14H21N/c1-13(2)10-12-15-11-6-9-14-7-4-3-5-8-14/h3-5,7-8,15H,1,6,9-12H2,2H3. The van der Waals surface area contributed by atoms with Crippen LogP contribution in [0.4, 0.5) is 0 Å². The molecule has 0 saturated heterocycles. The van der Waals surface area contributed by atoms with Gasteiger partial charge in [0.05, 0.1) is 0 Å². The zero-order chi connectivity index (χ0) is 10.9. The lowest BCUT2D eigenvalue weighted by Crippen LogP contribution is -2.17. The van der Waals surface area contributed by atoms with Crippen molar-refractivity contribution in [3.05, 3.63) is 48.0 Å². The highest BCUT2D eigenvalue weighted by Gasteiger charge is 1.92. The van der Waals surface area contributed by atoms with Gasteiger partial charge in [-0.2, -0.15) is 0 Å². The Morgan fingerprint density at radius 2 is 1.93 bits per heavy atom. The molecule has 0 spiro atoms. The van der Waals surface area contributed by atoms with Crippen molar-refractivity contribution in [2.75, 3.05) is 13.1 Å². The van der Waals surface area contributed by atoms with Gasteiger partial charge in [-0.05, 0) is 44.8 Å². The van der Waals surface area contributed by atoms with E-state index in [2.05, 4.69) is 49.2 Å². The molecule has 0 aliphatic heterocycles. The zero-order valence-corrected chi connectivity index (χ0v) is 9.63. The van der Waals surface area contributed by atoms with Crippen molar-refractivity contribution in [1.82, 2.24) is 5.32 Å². The minimum absolute atomic E-state index is 1.06. The maximum absolute atomic E-state index is 3.88. The first-order chi connectivity index (χ1) is 7.29. The summed E-state index contributed by atoms with van der Waals surface area (Å²) in [6.07, 6.45) is 3.46. The summed E-state index contributed by atoms with van der Waals surface area (Å²) in [7, 11) is 0. The molecule has 0 aliphatic carbocycles. The fourth-order valence-electron chi connectivity index (χ4n) is 1.49. The van der Waals surface area contributed by atoms with Crippen LogP contribution in [-0.2, 0) is 6.42 Å². The van der Waals surface area contributed by atoms with Gasteiger partial charge < -0.3 is 5.32 Å². The lowest BCUT2D eigenvalue weighted by molar-refractivity contribution is 0.646. The molecule has 0 radical (unpaired) electrons. The van der Waals surface area contributed by atoms with E-state index in [0.29, 0.717) is 0 Å². The van der Waals surface area contributed by atoms with Crippen molar-refractivity contribution >= 4 is 0 Å². The molecule has 1 aromatic rings. The fraction of sp³-hybridized carbons (Fsp3) is 0.429. The van der Waals surface area contributed by atoms with E-state index in [-0.39, 0.29) is 0 Å². The third-order valence-corrected chi connectivity index (χ3v) is 2.39. The number of nitrogens with one attached hydrogen (secondary N) is 1. The minimum atomic E-state index is 1.06. The Morgan fingerprint density at radius 1 is 1.20 bits per heavy atom. The highest BCUT2D eigenvalue weighted by molar-refractivity contribution is 5.14. The van der Waals surface area contributed by atoms with Crippen LogP contribution in [-0.4, -0.2) is 13.1 Å². The minimum Gasteiger partial charge on any atom is -0.316 e. The summed E-state index contributed by atoms with van der Waals surface area (Å²) < 4.78 is 0. The van der Waals surface area contributed by atoms with Crippen LogP contribution in [0, 0.1) is 0 Å². The summed E-state index contributed by atoms with van der Waals surface area (Å²) in [4.78, 5) is 0. The van der Waals surface area contributed by atoms with Crippen molar-refractivity contribution in [1.29, 1.82) is 0 Å². The molecule has 0 saturated carbocycles. The lowest BCUT2D eigenvalue weighted by atomic mass is 10.1. The summed E-state index contributed by atoms with van der Waals surface area (Å²) in [5, 5.41) is 3.43. The molecule has 0 aliphatic rings. The topological polar surface area (TPSA) is 12.0 Å². The molecule has 1 aromatic carbocycles. The first kappa shape index (κ1) is 12.0. The normalized spacial score (nSPS) is 10.2. The molecule has 1 heteroatoms.